The van der Waals surface area contributed by atoms with Crippen molar-refractivity contribution in [3.05, 3.63) is 0 Å². The molecule has 1 aliphatic heterocycles. The van der Waals surface area contributed by atoms with Crippen LogP contribution in [0.15, 0.2) is 0 Å². The molecular formula is C18H33NO3. The Hall–Kier alpha value is -0.770. The summed E-state index contributed by atoms with van der Waals surface area (Å²) in [6.07, 6.45) is 6.41. The van der Waals surface area contributed by atoms with Crippen LogP contribution in [0, 0.1) is 17.8 Å². The zero-order chi connectivity index (χ0) is 16.3. The summed E-state index contributed by atoms with van der Waals surface area (Å²) in [6.45, 7) is 9.21. The van der Waals surface area contributed by atoms with Gasteiger partial charge in [0.25, 0.3) is 0 Å². The zero-order valence-electron chi connectivity index (χ0n) is 14.7. The predicted octanol–water partition coefficient (Wildman–Crippen LogP) is 3.82. The molecular weight excluding hydrogens is 278 g/mol. The van der Waals surface area contributed by atoms with E-state index in [9.17, 15) is 9.90 Å². The van der Waals surface area contributed by atoms with Gasteiger partial charge in [-0.25, -0.2) is 4.79 Å². The Morgan fingerprint density at radius 2 is 2.00 bits per heavy atom. The number of hydrogen-bond donors (Lipinski definition) is 1. The quantitative estimate of drug-likeness (QED) is 0.843. The summed E-state index contributed by atoms with van der Waals surface area (Å²) < 4.78 is 5.50. The van der Waals surface area contributed by atoms with Gasteiger partial charge in [0.05, 0.1) is 6.10 Å². The van der Waals surface area contributed by atoms with Crippen molar-refractivity contribution in [3.63, 3.8) is 0 Å². The summed E-state index contributed by atoms with van der Waals surface area (Å²) in [5, 5.41) is 10.4. The first-order chi connectivity index (χ1) is 10.3. The molecule has 1 heterocycles. The number of aliphatic hydroxyl groups excluding tert-OH is 1. The van der Waals surface area contributed by atoms with Gasteiger partial charge in [-0.15, -0.1) is 0 Å². The fourth-order valence-corrected chi connectivity index (χ4v) is 4.02. The molecule has 0 radical (unpaired) electrons. The lowest BCUT2D eigenvalue weighted by Gasteiger charge is -2.43. The molecule has 1 amide bonds. The predicted molar refractivity (Wildman–Crippen MR) is 87.7 cm³/mol. The summed E-state index contributed by atoms with van der Waals surface area (Å²) in [4.78, 5) is 14.1. The summed E-state index contributed by atoms with van der Waals surface area (Å²) >= 11 is 0. The second-order valence-corrected chi connectivity index (χ2v) is 8.15. The first-order valence-corrected chi connectivity index (χ1v) is 8.96. The molecule has 4 unspecified atom stereocenters. The van der Waals surface area contributed by atoms with Crippen molar-refractivity contribution in [1.29, 1.82) is 0 Å². The van der Waals surface area contributed by atoms with E-state index in [2.05, 4.69) is 6.92 Å². The van der Waals surface area contributed by atoms with E-state index >= 15 is 0 Å². The van der Waals surface area contributed by atoms with E-state index in [0.717, 1.165) is 5.92 Å². The third kappa shape index (κ3) is 4.61. The first kappa shape index (κ1) is 17.6. The maximum absolute atomic E-state index is 12.3. The number of carbonyl (C=O) groups is 1. The largest absolute Gasteiger partial charge is 0.444 e. The van der Waals surface area contributed by atoms with Crippen molar-refractivity contribution < 1.29 is 14.6 Å². The number of likely N-dealkylation sites (tertiary alicyclic amines) is 1. The molecule has 0 aromatic heterocycles. The van der Waals surface area contributed by atoms with Crippen LogP contribution in [0.4, 0.5) is 4.79 Å². The topological polar surface area (TPSA) is 49.8 Å². The second-order valence-electron chi connectivity index (χ2n) is 8.15. The Labute approximate surface area is 135 Å². The van der Waals surface area contributed by atoms with E-state index in [1.165, 1.54) is 32.1 Å². The van der Waals surface area contributed by atoms with Gasteiger partial charge in [-0.2, -0.15) is 0 Å². The van der Waals surface area contributed by atoms with Crippen molar-refractivity contribution in [2.75, 3.05) is 13.1 Å². The molecule has 22 heavy (non-hydrogen) atoms. The summed E-state index contributed by atoms with van der Waals surface area (Å²) in [7, 11) is 0. The number of piperidine rings is 1. The number of carbonyl (C=O) groups excluding carboxylic acids is 1. The second kappa shape index (κ2) is 7.20. The van der Waals surface area contributed by atoms with Crippen molar-refractivity contribution >= 4 is 6.09 Å². The van der Waals surface area contributed by atoms with Crippen LogP contribution in [-0.2, 0) is 4.74 Å². The highest BCUT2D eigenvalue weighted by atomic mass is 16.6. The minimum absolute atomic E-state index is 0.218. The number of aliphatic hydroxyl groups is 1. The van der Waals surface area contributed by atoms with Crippen LogP contribution in [0.1, 0.15) is 66.2 Å². The molecule has 1 N–H and O–H groups in total. The van der Waals surface area contributed by atoms with E-state index in [0.29, 0.717) is 25.4 Å². The molecule has 0 spiro atoms. The molecule has 1 saturated heterocycles. The van der Waals surface area contributed by atoms with Crippen LogP contribution in [0.5, 0.6) is 0 Å². The lowest BCUT2D eigenvalue weighted by molar-refractivity contribution is -0.0302. The third-order valence-electron chi connectivity index (χ3n) is 5.28. The third-order valence-corrected chi connectivity index (χ3v) is 5.28. The highest BCUT2D eigenvalue weighted by molar-refractivity contribution is 5.68. The normalized spacial score (nSPS) is 33.6. The highest BCUT2D eigenvalue weighted by Crippen LogP contribution is 2.38. The summed E-state index contributed by atoms with van der Waals surface area (Å²) in [5.41, 5.74) is -0.458. The Bertz CT molecular complexity index is 377. The van der Waals surface area contributed by atoms with Crippen LogP contribution in [0.25, 0.3) is 0 Å². The van der Waals surface area contributed by atoms with E-state index in [4.69, 9.17) is 4.74 Å². The van der Waals surface area contributed by atoms with Crippen LogP contribution in [0.3, 0.4) is 0 Å². The number of nitrogens with zero attached hydrogens (tertiary/aromatic N) is 1. The van der Waals surface area contributed by atoms with E-state index in [1.807, 2.05) is 20.8 Å². The number of rotatable bonds is 2. The van der Waals surface area contributed by atoms with Crippen molar-refractivity contribution in [3.8, 4) is 0 Å². The lowest BCUT2D eigenvalue weighted by Crippen LogP contribution is -2.50. The molecule has 0 bridgehead atoms. The number of hydrogen-bond acceptors (Lipinski definition) is 3. The molecule has 1 aliphatic carbocycles. The smallest absolute Gasteiger partial charge is 0.410 e. The molecule has 128 valence electrons. The van der Waals surface area contributed by atoms with Gasteiger partial charge < -0.3 is 14.7 Å². The van der Waals surface area contributed by atoms with Crippen LogP contribution in [-0.4, -0.2) is 40.9 Å². The Kier molecular flexibility index (Phi) is 5.76. The Balaban J connectivity index is 1.97. The molecule has 2 fully saturated rings. The van der Waals surface area contributed by atoms with Gasteiger partial charge in [-0.05, 0) is 45.4 Å². The van der Waals surface area contributed by atoms with Crippen LogP contribution in [0.2, 0.25) is 0 Å². The maximum Gasteiger partial charge on any atom is 0.410 e. The van der Waals surface area contributed by atoms with Crippen molar-refractivity contribution in [2.24, 2.45) is 17.8 Å². The van der Waals surface area contributed by atoms with Crippen LogP contribution < -0.4 is 0 Å². The summed E-state index contributed by atoms with van der Waals surface area (Å²) in [6, 6.07) is 0. The maximum atomic E-state index is 12.3. The molecule has 4 heteroatoms. The van der Waals surface area contributed by atoms with E-state index < -0.39 is 5.60 Å². The highest BCUT2D eigenvalue weighted by Gasteiger charge is 2.38. The first-order valence-electron chi connectivity index (χ1n) is 8.96. The Morgan fingerprint density at radius 1 is 1.27 bits per heavy atom. The minimum atomic E-state index is -0.458. The van der Waals surface area contributed by atoms with Crippen molar-refractivity contribution in [2.45, 2.75) is 77.9 Å². The van der Waals surface area contributed by atoms with Crippen LogP contribution >= 0.6 is 0 Å². The van der Waals surface area contributed by atoms with Gasteiger partial charge in [0.1, 0.15) is 5.60 Å². The molecule has 0 aromatic carbocycles. The fourth-order valence-electron chi connectivity index (χ4n) is 4.02. The molecule has 2 aliphatic rings. The van der Waals surface area contributed by atoms with Crippen molar-refractivity contribution in [1.82, 2.24) is 4.90 Å². The van der Waals surface area contributed by atoms with E-state index in [1.54, 1.807) is 4.90 Å². The zero-order valence-corrected chi connectivity index (χ0v) is 14.7. The molecule has 4 atom stereocenters. The van der Waals surface area contributed by atoms with E-state index in [-0.39, 0.29) is 18.1 Å². The van der Waals surface area contributed by atoms with Gasteiger partial charge in [0, 0.05) is 19.0 Å². The SMILES string of the molecule is CCC1CCCC(C2CN(C(=O)OC(C)(C)C)CCC2O)C1. The average molecular weight is 311 g/mol. The Morgan fingerprint density at radius 3 is 2.64 bits per heavy atom. The van der Waals surface area contributed by atoms with Gasteiger partial charge >= 0.3 is 6.09 Å². The minimum Gasteiger partial charge on any atom is -0.444 e. The van der Waals surface area contributed by atoms with Gasteiger partial charge in [-0.1, -0.05) is 32.6 Å². The number of ether oxygens (including phenoxy) is 1. The number of amides is 1. The molecule has 4 nitrogen and oxygen atoms in total. The van der Waals surface area contributed by atoms with Gasteiger partial charge in [0.15, 0.2) is 0 Å². The lowest BCUT2D eigenvalue weighted by atomic mass is 9.71. The monoisotopic (exact) mass is 311 g/mol. The van der Waals surface area contributed by atoms with Gasteiger partial charge in [0.2, 0.25) is 0 Å². The summed E-state index contributed by atoms with van der Waals surface area (Å²) in [5.74, 6) is 1.57. The molecule has 1 saturated carbocycles. The van der Waals surface area contributed by atoms with Gasteiger partial charge in [-0.3, -0.25) is 0 Å². The molecule has 2 rings (SSSR count). The molecule has 0 aromatic rings. The average Bonchev–Trinajstić information content (AvgIpc) is 2.46. The standard InChI is InChI=1S/C18H33NO3/c1-5-13-7-6-8-14(11-13)15-12-19(10-9-16(15)20)17(21)22-18(2,3)4/h13-16,20H,5-12H2,1-4H3. The fraction of sp³-hybridized carbons (Fsp3) is 0.944.